The first-order valence-electron chi connectivity index (χ1n) is 9.27. The highest BCUT2D eigenvalue weighted by Crippen LogP contribution is 2.14. The van der Waals surface area contributed by atoms with E-state index in [1.54, 1.807) is 4.90 Å². The highest BCUT2D eigenvalue weighted by atomic mass is 16.5. The van der Waals surface area contributed by atoms with Gasteiger partial charge in [-0.15, -0.1) is 0 Å². The average molecular weight is 356 g/mol. The minimum absolute atomic E-state index is 0.0409. The van der Waals surface area contributed by atoms with Crippen LogP contribution in [-0.4, -0.2) is 58.3 Å². The van der Waals surface area contributed by atoms with Gasteiger partial charge in [-0.25, -0.2) is 0 Å². The second-order valence-corrected chi connectivity index (χ2v) is 6.87. The number of aromatic nitrogens is 2. The van der Waals surface area contributed by atoms with Crippen molar-refractivity contribution in [3.8, 4) is 0 Å². The van der Waals surface area contributed by atoms with E-state index in [-0.39, 0.29) is 12.0 Å². The minimum atomic E-state index is -0.0409. The van der Waals surface area contributed by atoms with Gasteiger partial charge in [-0.3, -0.25) is 14.4 Å². The monoisotopic (exact) mass is 356 g/mol. The summed E-state index contributed by atoms with van der Waals surface area (Å²) >= 11 is 0. The summed E-state index contributed by atoms with van der Waals surface area (Å²) in [7, 11) is 1.84. The van der Waals surface area contributed by atoms with Crippen molar-refractivity contribution >= 4 is 5.91 Å². The van der Waals surface area contributed by atoms with Gasteiger partial charge in [-0.2, -0.15) is 5.10 Å². The third kappa shape index (κ3) is 5.16. The Labute approximate surface area is 155 Å². The van der Waals surface area contributed by atoms with E-state index < -0.39 is 0 Å². The Kier molecular flexibility index (Phi) is 6.41. The summed E-state index contributed by atoms with van der Waals surface area (Å²) in [5.74, 6) is 0.112. The maximum Gasteiger partial charge on any atom is 0.225 e. The molecule has 1 aromatic carbocycles. The molecule has 0 bridgehead atoms. The van der Waals surface area contributed by atoms with Gasteiger partial charge in [0, 0.05) is 51.5 Å². The molecule has 0 aliphatic carbocycles. The molecule has 0 spiro atoms. The first kappa shape index (κ1) is 18.6. The molecule has 1 aliphatic rings. The number of morpholine rings is 1. The molecule has 6 heteroatoms. The highest BCUT2D eigenvalue weighted by Gasteiger charge is 2.24. The lowest BCUT2D eigenvalue weighted by Crippen LogP contribution is -2.44. The predicted molar refractivity (Wildman–Crippen MR) is 100 cm³/mol. The van der Waals surface area contributed by atoms with Crippen molar-refractivity contribution in [3.05, 3.63) is 53.9 Å². The van der Waals surface area contributed by atoms with E-state index in [1.807, 2.05) is 37.1 Å². The number of amides is 1. The lowest BCUT2D eigenvalue weighted by atomic mass is 10.1. The lowest BCUT2D eigenvalue weighted by Gasteiger charge is -2.33. The van der Waals surface area contributed by atoms with Gasteiger partial charge in [0.15, 0.2) is 0 Å². The molecule has 3 rings (SSSR count). The molecule has 0 saturated carbocycles. The molecule has 1 atom stereocenters. The number of nitrogens with zero attached hydrogens (tertiary/aromatic N) is 4. The number of benzene rings is 1. The quantitative estimate of drug-likeness (QED) is 0.763. The molecule has 1 fully saturated rings. The van der Waals surface area contributed by atoms with Crippen LogP contribution >= 0.6 is 0 Å². The molecule has 2 aromatic rings. The summed E-state index contributed by atoms with van der Waals surface area (Å²) in [5, 5.41) is 4.26. The molecule has 1 saturated heterocycles. The molecule has 1 aromatic heterocycles. The van der Waals surface area contributed by atoms with Gasteiger partial charge in [-0.05, 0) is 12.5 Å². The van der Waals surface area contributed by atoms with Crippen molar-refractivity contribution in [2.45, 2.75) is 39.1 Å². The van der Waals surface area contributed by atoms with Crippen molar-refractivity contribution in [1.29, 1.82) is 0 Å². The Morgan fingerprint density at radius 1 is 1.31 bits per heavy atom. The van der Waals surface area contributed by atoms with Crippen LogP contribution in [0.1, 0.15) is 24.5 Å². The maximum atomic E-state index is 12.6. The van der Waals surface area contributed by atoms with Gasteiger partial charge >= 0.3 is 0 Å². The fourth-order valence-corrected chi connectivity index (χ4v) is 3.26. The van der Waals surface area contributed by atoms with E-state index in [0.29, 0.717) is 19.6 Å². The average Bonchev–Trinajstić information content (AvgIpc) is 3.10. The maximum absolute atomic E-state index is 12.6. The molecule has 0 unspecified atom stereocenters. The third-order valence-corrected chi connectivity index (χ3v) is 4.73. The van der Waals surface area contributed by atoms with Gasteiger partial charge in [0.05, 0.1) is 25.3 Å². The van der Waals surface area contributed by atoms with Gasteiger partial charge < -0.3 is 9.64 Å². The fourth-order valence-electron chi connectivity index (χ4n) is 3.26. The van der Waals surface area contributed by atoms with E-state index in [1.165, 1.54) is 5.56 Å². The van der Waals surface area contributed by atoms with E-state index in [4.69, 9.17) is 4.74 Å². The molecule has 1 amide bonds. The normalized spacial score (nSPS) is 18.0. The summed E-state index contributed by atoms with van der Waals surface area (Å²) in [4.78, 5) is 16.7. The fraction of sp³-hybridized carbons (Fsp3) is 0.500. The van der Waals surface area contributed by atoms with Gasteiger partial charge in [-0.1, -0.05) is 30.3 Å². The van der Waals surface area contributed by atoms with Crippen LogP contribution in [0.5, 0.6) is 0 Å². The van der Waals surface area contributed by atoms with Gasteiger partial charge in [0.25, 0.3) is 0 Å². The van der Waals surface area contributed by atoms with Crippen LogP contribution in [0.3, 0.4) is 0 Å². The third-order valence-electron chi connectivity index (χ3n) is 4.73. The zero-order valence-electron chi connectivity index (χ0n) is 15.7. The molecule has 6 nitrogen and oxygen atoms in total. The van der Waals surface area contributed by atoms with E-state index >= 15 is 0 Å². The lowest BCUT2D eigenvalue weighted by molar-refractivity contribution is -0.135. The summed E-state index contributed by atoms with van der Waals surface area (Å²) in [6, 6.07) is 10.4. The number of hydrogen-bond donors (Lipinski definition) is 0. The second-order valence-electron chi connectivity index (χ2n) is 6.87. The predicted octanol–water partition coefficient (Wildman–Crippen LogP) is 2.15. The summed E-state index contributed by atoms with van der Waals surface area (Å²) in [5.41, 5.74) is 2.35. The van der Waals surface area contributed by atoms with Gasteiger partial charge in [0.2, 0.25) is 5.91 Å². The summed E-state index contributed by atoms with van der Waals surface area (Å²) in [6.07, 6.45) is 4.19. The zero-order chi connectivity index (χ0) is 18.4. The van der Waals surface area contributed by atoms with Crippen LogP contribution in [-0.2, 0) is 29.2 Å². The largest absolute Gasteiger partial charge is 0.375 e. The first-order chi connectivity index (χ1) is 12.6. The first-order valence-corrected chi connectivity index (χ1v) is 9.27. The molecular weight excluding hydrogens is 328 g/mol. The van der Waals surface area contributed by atoms with Crippen LogP contribution in [0.15, 0.2) is 42.7 Å². The SMILES string of the molecule is CCn1cc(CN(C)C(=O)C[C@@H]2CN(Cc3ccccc3)CCO2)cn1. The van der Waals surface area contributed by atoms with Crippen molar-refractivity contribution in [2.24, 2.45) is 0 Å². The minimum Gasteiger partial charge on any atom is -0.375 e. The van der Waals surface area contributed by atoms with Gasteiger partial charge in [0.1, 0.15) is 0 Å². The molecular formula is C20H28N4O2. The Hall–Kier alpha value is -2.18. The van der Waals surface area contributed by atoms with E-state index in [0.717, 1.165) is 31.7 Å². The Morgan fingerprint density at radius 3 is 2.85 bits per heavy atom. The Morgan fingerprint density at radius 2 is 2.12 bits per heavy atom. The number of ether oxygens (including phenoxy) is 1. The number of aryl methyl sites for hydroxylation is 1. The number of rotatable bonds is 7. The van der Waals surface area contributed by atoms with Crippen LogP contribution in [0.25, 0.3) is 0 Å². The van der Waals surface area contributed by atoms with E-state index in [2.05, 4.69) is 34.3 Å². The number of carbonyl (C=O) groups excluding carboxylic acids is 1. The molecule has 0 radical (unpaired) electrons. The van der Waals surface area contributed by atoms with Crippen LogP contribution in [0, 0.1) is 0 Å². The highest BCUT2D eigenvalue weighted by molar-refractivity contribution is 5.76. The van der Waals surface area contributed by atoms with Crippen LogP contribution in [0.4, 0.5) is 0 Å². The molecule has 26 heavy (non-hydrogen) atoms. The van der Waals surface area contributed by atoms with Crippen molar-refractivity contribution in [1.82, 2.24) is 19.6 Å². The number of hydrogen-bond acceptors (Lipinski definition) is 4. The molecule has 0 N–H and O–H groups in total. The second kappa shape index (κ2) is 8.96. The summed E-state index contributed by atoms with van der Waals surface area (Å²) in [6.45, 7) is 6.75. The molecule has 2 heterocycles. The van der Waals surface area contributed by atoms with Crippen molar-refractivity contribution < 1.29 is 9.53 Å². The smallest absolute Gasteiger partial charge is 0.225 e. The number of carbonyl (C=O) groups is 1. The topological polar surface area (TPSA) is 50.6 Å². The van der Waals surface area contributed by atoms with Crippen molar-refractivity contribution in [2.75, 3.05) is 26.7 Å². The molecule has 1 aliphatic heterocycles. The standard InChI is InChI=1S/C20H28N4O2/c1-3-24-15-18(12-21-24)13-22(2)20(25)11-19-16-23(9-10-26-19)14-17-7-5-4-6-8-17/h4-8,12,15,19H,3,9-11,13-14,16H2,1-2H3/t19-/m1/s1. The van der Waals surface area contributed by atoms with Crippen LogP contribution < -0.4 is 0 Å². The zero-order valence-corrected chi connectivity index (χ0v) is 15.7. The Balaban J connectivity index is 1.48. The van der Waals surface area contributed by atoms with Crippen molar-refractivity contribution in [3.63, 3.8) is 0 Å². The molecule has 140 valence electrons. The van der Waals surface area contributed by atoms with E-state index in [9.17, 15) is 4.79 Å². The Bertz CT molecular complexity index is 701. The van der Waals surface area contributed by atoms with Crippen LogP contribution in [0.2, 0.25) is 0 Å². The summed E-state index contributed by atoms with van der Waals surface area (Å²) < 4.78 is 7.71.